The summed E-state index contributed by atoms with van der Waals surface area (Å²) in [5.41, 5.74) is 5.83. The zero-order chi connectivity index (χ0) is 23.7. The lowest BCUT2D eigenvalue weighted by Crippen LogP contribution is -2.15. The number of fused-ring (bicyclic) bond motifs is 3. The van der Waals surface area contributed by atoms with E-state index in [1.165, 1.54) is 30.2 Å². The van der Waals surface area contributed by atoms with E-state index in [-0.39, 0.29) is 6.42 Å². The third-order valence-electron chi connectivity index (χ3n) is 6.00. The SMILES string of the molecule is CCC(C)c1sc2c(c1-c1ccccc1)-n1ccc(C)c1/C(=C(/CC(=O)OC)C(=O)OC)S2. The van der Waals surface area contributed by atoms with Gasteiger partial charge in [0.25, 0.3) is 0 Å². The number of rotatable bonds is 6. The molecule has 1 aromatic carbocycles. The van der Waals surface area contributed by atoms with Crippen LogP contribution in [0.4, 0.5) is 0 Å². The van der Waals surface area contributed by atoms with Crippen LogP contribution in [0.2, 0.25) is 0 Å². The highest BCUT2D eigenvalue weighted by Gasteiger charge is 2.34. The first kappa shape index (κ1) is 23.4. The molecule has 0 radical (unpaired) electrons. The van der Waals surface area contributed by atoms with Crippen molar-refractivity contribution in [3.63, 3.8) is 0 Å². The normalized spacial score (nSPS) is 14.8. The van der Waals surface area contributed by atoms with Gasteiger partial charge in [0, 0.05) is 21.5 Å². The fourth-order valence-electron chi connectivity index (χ4n) is 4.06. The van der Waals surface area contributed by atoms with Crippen LogP contribution >= 0.6 is 23.1 Å². The first-order chi connectivity index (χ1) is 15.9. The van der Waals surface area contributed by atoms with Crippen LogP contribution in [0.5, 0.6) is 0 Å². The van der Waals surface area contributed by atoms with Crippen molar-refractivity contribution in [1.29, 1.82) is 0 Å². The molecule has 0 bridgehead atoms. The Bertz CT molecular complexity index is 1240. The molecule has 1 aliphatic heterocycles. The first-order valence-corrected chi connectivity index (χ1v) is 12.5. The second-order valence-electron chi connectivity index (χ2n) is 8.02. The number of benzene rings is 1. The monoisotopic (exact) mass is 481 g/mol. The number of aromatic nitrogens is 1. The third kappa shape index (κ3) is 4.15. The molecule has 3 aromatic rings. The molecule has 172 valence electrons. The largest absolute Gasteiger partial charge is 0.469 e. The van der Waals surface area contributed by atoms with Gasteiger partial charge in [-0.05, 0) is 36.5 Å². The molecule has 33 heavy (non-hydrogen) atoms. The minimum atomic E-state index is -0.513. The van der Waals surface area contributed by atoms with Gasteiger partial charge in [0.2, 0.25) is 0 Å². The van der Waals surface area contributed by atoms with E-state index >= 15 is 0 Å². The van der Waals surface area contributed by atoms with Crippen LogP contribution in [0.1, 0.15) is 48.7 Å². The number of esters is 2. The van der Waals surface area contributed by atoms with E-state index in [2.05, 4.69) is 48.9 Å². The highest BCUT2D eigenvalue weighted by Crippen LogP contribution is 2.56. The Morgan fingerprint density at radius 2 is 1.82 bits per heavy atom. The molecule has 0 N–H and O–H groups in total. The third-order valence-corrected chi connectivity index (χ3v) is 8.72. The Balaban J connectivity index is 2.02. The van der Waals surface area contributed by atoms with Crippen molar-refractivity contribution in [3.8, 4) is 16.8 Å². The van der Waals surface area contributed by atoms with Crippen LogP contribution in [0.3, 0.4) is 0 Å². The first-order valence-electron chi connectivity index (χ1n) is 10.9. The lowest BCUT2D eigenvalue weighted by molar-refractivity contribution is -0.143. The van der Waals surface area contributed by atoms with Crippen molar-refractivity contribution < 1.29 is 19.1 Å². The van der Waals surface area contributed by atoms with E-state index in [0.717, 1.165) is 32.5 Å². The summed E-state index contributed by atoms with van der Waals surface area (Å²) in [6.07, 6.45) is 2.94. The number of aryl methyl sites for hydroxylation is 1. The number of carbonyl (C=O) groups is 2. The number of methoxy groups -OCH3 is 2. The van der Waals surface area contributed by atoms with E-state index in [1.54, 1.807) is 23.1 Å². The van der Waals surface area contributed by atoms with Crippen LogP contribution in [0.15, 0.2) is 52.4 Å². The summed E-state index contributed by atoms with van der Waals surface area (Å²) in [7, 11) is 2.66. The maximum atomic E-state index is 12.8. The van der Waals surface area contributed by atoms with Crippen molar-refractivity contribution in [2.45, 2.75) is 43.7 Å². The average Bonchev–Trinajstić information content (AvgIpc) is 3.42. The molecule has 3 heterocycles. The minimum absolute atomic E-state index is 0.138. The standard InChI is InChI=1S/C26H27NO4S2/c1-6-15(2)23-20(17-10-8-7-9-11-17)22-26(32-23)33-24(21-16(3)12-13-27(21)22)18(25(29)31-5)14-19(28)30-4/h7-13,15H,6,14H2,1-5H3/b24-18+. The van der Waals surface area contributed by atoms with Crippen LogP contribution in [0, 0.1) is 6.92 Å². The van der Waals surface area contributed by atoms with Crippen molar-refractivity contribution in [2.24, 2.45) is 0 Å². The Kier molecular flexibility index (Phi) is 6.81. The summed E-state index contributed by atoms with van der Waals surface area (Å²) in [6, 6.07) is 12.5. The Morgan fingerprint density at radius 3 is 2.45 bits per heavy atom. The maximum absolute atomic E-state index is 12.8. The van der Waals surface area contributed by atoms with Gasteiger partial charge in [0.15, 0.2) is 0 Å². The van der Waals surface area contributed by atoms with Gasteiger partial charge in [-0.25, -0.2) is 4.79 Å². The Hall–Kier alpha value is -2.77. The van der Waals surface area contributed by atoms with Gasteiger partial charge in [0.1, 0.15) is 0 Å². The molecule has 4 rings (SSSR count). The van der Waals surface area contributed by atoms with Gasteiger partial charge in [-0.2, -0.15) is 0 Å². The summed E-state index contributed by atoms with van der Waals surface area (Å²) in [6.45, 7) is 6.48. The van der Waals surface area contributed by atoms with Crippen molar-refractivity contribution in [3.05, 3.63) is 64.3 Å². The van der Waals surface area contributed by atoms with E-state index in [4.69, 9.17) is 9.47 Å². The van der Waals surface area contributed by atoms with Gasteiger partial charge in [-0.15, -0.1) is 11.3 Å². The Morgan fingerprint density at radius 1 is 1.09 bits per heavy atom. The summed E-state index contributed by atoms with van der Waals surface area (Å²) >= 11 is 3.32. The lowest BCUT2D eigenvalue weighted by Gasteiger charge is -2.23. The fraction of sp³-hybridized carbons (Fsp3) is 0.308. The van der Waals surface area contributed by atoms with Crippen LogP contribution in [0.25, 0.3) is 21.7 Å². The van der Waals surface area contributed by atoms with E-state index in [1.807, 2.05) is 19.1 Å². The molecule has 0 aliphatic carbocycles. The highest BCUT2D eigenvalue weighted by atomic mass is 32.2. The molecule has 0 saturated heterocycles. The molecule has 0 amide bonds. The summed E-state index contributed by atoms with van der Waals surface area (Å²) < 4.78 is 13.2. The molecule has 0 spiro atoms. The van der Waals surface area contributed by atoms with Crippen LogP contribution in [-0.2, 0) is 19.1 Å². The average molecular weight is 482 g/mol. The molecule has 1 aliphatic rings. The summed E-state index contributed by atoms with van der Waals surface area (Å²) in [5, 5.41) is 0. The van der Waals surface area contributed by atoms with Crippen molar-refractivity contribution in [1.82, 2.24) is 4.57 Å². The second-order valence-corrected chi connectivity index (χ2v) is 10.4. The molecule has 2 aromatic heterocycles. The zero-order valence-corrected chi connectivity index (χ0v) is 21.1. The topological polar surface area (TPSA) is 57.5 Å². The van der Waals surface area contributed by atoms with E-state index in [9.17, 15) is 9.59 Å². The molecule has 7 heteroatoms. The van der Waals surface area contributed by atoms with Gasteiger partial charge >= 0.3 is 11.9 Å². The Labute approximate surface area is 202 Å². The zero-order valence-electron chi connectivity index (χ0n) is 19.4. The molecule has 1 atom stereocenters. The number of carbonyl (C=O) groups excluding carboxylic acids is 2. The molecule has 1 unspecified atom stereocenters. The molecule has 5 nitrogen and oxygen atoms in total. The van der Waals surface area contributed by atoms with Gasteiger partial charge in [0.05, 0.1) is 41.8 Å². The fourth-order valence-corrected chi connectivity index (χ4v) is 7.04. The minimum Gasteiger partial charge on any atom is -0.469 e. The van der Waals surface area contributed by atoms with Crippen LogP contribution in [-0.4, -0.2) is 30.7 Å². The van der Waals surface area contributed by atoms with Gasteiger partial charge < -0.3 is 14.0 Å². The molecule has 0 saturated carbocycles. The molecule has 0 fully saturated rings. The number of hydrogen-bond acceptors (Lipinski definition) is 6. The van der Waals surface area contributed by atoms with Crippen molar-refractivity contribution in [2.75, 3.05) is 14.2 Å². The predicted octanol–water partition coefficient (Wildman–Crippen LogP) is 6.58. The molecular weight excluding hydrogens is 454 g/mol. The second kappa shape index (κ2) is 9.61. The van der Waals surface area contributed by atoms with Gasteiger partial charge in [-0.3, -0.25) is 4.79 Å². The van der Waals surface area contributed by atoms with E-state index < -0.39 is 11.9 Å². The number of thiophene rings is 1. The van der Waals surface area contributed by atoms with Crippen molar-refractivity contribution >= 4 is 39.9 Å². The van der Waals surface area contributed by atoms with Crippen LogP contribution < -0.4 is 0 Å². The summed E-state index contributed by atoms with van der Waals surface area (Å²) in [4.78, 5) is 27.0. The predicted molar refractivity (Wildman–Crippen MR) is 134 cm³/mol. The lowest BCUT2D eigenvalue weighted by atomic mass is 9.97. The van der Waals surface area contributed by atoms with E-state index in [0.29, 0.717) is 11.5 Å². The quantitative estimate of drug-likeness (QED) is 0.294. The maximum Gasteiger partial charge on any atom is 0.335 e. The van der Waals surface area contributed by atoms with Gasteiger partial charge in [-0.1, -0.05) is 55.9 Å². The number of thioether (sulfide) groups is 1. The smallest absolute Gasteiger partial charge is 0.335 e. The highest BCUT2D eigenvalue weighted by molar-refractivity contribution is 8.10. The number of ether oxygens (including phenoxy) is 2. The number of nitrogens with zero attached hydrogens (tertiary/aromatic N) is 1. The summed E-state index contributed by atoms with van der Waals surface area (Å²) in [5.74, 6) is -0.596. The molecular formula is C26H27NO4S2. The number of hydrogen-bond donors (Lipinski definition) is 0.